The Morgan fingerprint density at radius 3 is 2.50 bits per heavy atom. The highest BCUT2D eigenvalue weighted by molar-refractivity contribution is 8.76. The first kappa shape index (κ1) is 10.7. The topological polar surface area (TPSA) is 12.0 Å². The lowest BCUT2D eigenvalue weighted by Gasteiger charge is -1.99. The maximum atomic E-state index is 3.29. The molecule has 0 spiro atoms. The summed E-state index contributed by atoms with van der Waals surface area (Å²) in [5, 5.41) is 3.29. The fraction of sp³-hybridized carbons (Fsp3) is 1.00. The van der Waals surface area contributed by atoms with Gasteiger partial charge in [-0.05, 0) is 13.0 Å². The first-order valence-electron chi connectivity index (χ1n) is 3.87. The quantitative estimate of drug-likeness (QED) is 0.479. The monoisotopic (exact) mass is 181 g/mol. The molecule has 0 aromatic rings. The molecule has 0 aromatic heterocycles. The molecular weight excluding hydrogens is 162 g/mol. The lowest BCUT2D eigenvalue weighted by molar-refractivity contribution is 0.769. The van der Waals surface area contributed by atoms with Gasteiger partial charge in [0.15, 0.2) is 0 Å². The zero-order valence-electron chi connectivity index (χ0n) is 6.85. The highest BCUT2D eigenvalue weighted by Crippen LogP contribution is 2.20. The van der Waals surface area contributed by atoms with Crippen molar-refractivity contribution in [1.82, 2.24) is 5.32 Å². The van der Waals surface area contributed by atoms with E-state index < -0.39 is 0 Å². The minimum atomic E-state index is 0. The van der Waals surface area contributed by atoms with Crippen molar-refractivity contribution in [3.8, 4) is 0 Å². The highest BCUT2D eigenvalue weighted by atomic mass is 33.1. The molecule has 0 heterocycles. The normalized spacial score (nSPS) is 10.2. The fourth-order valence-electron chi connectivity index (χ4n) is 0.492. The summed E-state index contributed by atoms with van der Waals surface area (Å²) in [6.07, 6.45) is 1.29. The Kier molecular flexibility index (Phi) is 10.3. The molecule has 10 heavy (non-hydrogen) atoms. The van der Waals surface area contributed by atoms with Crippen molar-refractivity contribution in [2.75, 3.05) is 24.6 Å². The molecule has 0 aliphatic rings. The molecule has 0 aromatic carbocycles. The van der Waals surface area contributed by atoms with E-state index in [2.05, 4.69) is 19.2 Å². The minimum Gasteiger partial charge on any atom is -0.316 e. The van der Waals surface area contributed by atoms with E-state index in [9.17, 15) is 0 Å². The third-order valence-corrected chi connectivity index (χ3v) is 3.60. The van der Waals surface area contributed by atoms with Gasteiger partial charge in [0.1, 0.15) is 0 Å². The van der Waals surface area contributed by atoms with E-state index in [4.69, 9.17) is 0 Å². The predicted molar refractivity (Wildman–Crippen MR) is 55.9 cm³/mol. The van der Waals surface area contributed by atoms with Gasteiger partial charge < -0.3 is 5.32 Å². The van der Waals surface area contributed by atoms with Crippen molar-refractivity contribution in [2.24, 2.45) is 0 Å². The smallest absolute Gasteiger partial charge is 0.0162 e. The van der Waals surface area contributed by atoms with Crippen LogP contribution in [0.2, 0.25) is 0 Å². The summed E-state index contributed by atoms with van der Waals surface area (Å²) >= 11 is 0. The Labute approximate surface area is 73.6 Å². The third kappa shape index (κ3) is 8.66. The van der Waals surface area contributed by atoms with Crippen LogP contribution in [0.1, 0.15) is 21.7 Å². The second-order valence-electron chi connectivity index (χ2n) is 2.00. The van der Waals surface area contributed by atoms with Gasteiger partial charge in [-0.2, -0.15) is 0 Å². The molecule has 0 amide bonds. The van der Waals surface area contributed by atoms with Crippen molar-refractivity contribution in [2.45, 2.75) is 20.3 Å². The second kappa shape index (κ2) is 9.66. The van der Waals surface area contributed by atoms with Crippen LogP contribution >= 0.6 is 21.6 Å². The average molecular weight is 181 g/mol. The summed E-state index contributed by atoms with van der Waals surface area (Å²) in [4.78, 5) is 0. The Hall–Kier alpha value is 0.660. The SMILES string of the molecule is CCCSSCCNCC.[HH]. The van der Waals surface area contributed by atoms with E-state index in [1.807, 2.05) is 21.6 Å². The van der Waals surface area contributed by atoms with Crippen molar-refractivity contribution < 1.29 is 1.43 Å². The summed E-state index contributed by atoms with van der Waals surface area (Å²) in [6.45, 7) is 6.61. The molecule has 0 atom stereocenters. The van der Waals surface area contributed by atoms with E-state index in [1.165, 1.54) is 17.9 Å². The Morgan fingerprint density at radius 2 is 1.90 bits per heavy atom. The van der Waals surface area contributed by atoms with Crippen LogP contribution in [0.5, 0.6) is 0 Å². The van der Waals surface area contributed by atoms with Crippen LogP contribution in [0.4, 0.5) is 0 Å². The van der Waals surface area contributed by atoms with Crippen molar-refractivity contribution in [1.29, 1.82) is 0 Å². The number of hydrogen-bond donors (Lipinski definition) is 1. The standard InChI is InChI=1S/C7H17NS2.H2/c1-3-6-9-10-7-5-8-4-2;/h8H,3-7H2,1-2H3;1H. The molecule has 0 saturated carbocycles. The molecule has 0 unspecified atom stereocenters. The summed E-state index contributed by atoms with van der Waals surface area (Å²) < 4.78 is 0. The Bertz CT molecular complexity index is 56.4. The number of nitrogens with one attached hydrogen (secondary N) is 1. The van der Waals surface area contributed by atoms with Crippen molar-refractivity contribution in [3.63, 3.8) is 0 Å². The molecule has 0 aliphatic carbocycles. The molecule has 1 N–H and O–H groups in total. The zero-order chi connectivity index (χ0) is 7.66. The van der Waals surface area contributed by atoms with Gasteiger partial charge in [-0.3, -0.25) is 0 Å². The summed E-state index contributed by atoms with van der Waals surface area (Å²) in [5.74, 6) is 2.52. The summed E-state index contributed by atoms with van der Waals surface area (Å²) in [6, 6.07) is 0. The van der Waals surface area contributed by atoms with Crippen molar-refractivity contribution in [3.05, 3.63) is 0 Å². The predicted octanol–water partition coefficient (Wildman–Crippen LogP) is 2.63. The molecule has 3 heteroatoms. The molecule has 0 fully saturated rings. The fourth-order valence-corrected chi connectivity index (χ4v) is 2.58. The molecule has 0 rings (SSSR count). The minimum absolute atomic E-state index is 0. The van der Waals surface area contributed by atoms with E-state index in [1.54, 1.807) is 0 Å². The van der Waals surface area contributed by atoms with Gasteiger partial charge >= 0.3 is 0 Å². The van der Waals surface area contributed by atoms with Gasteiger partial charge in [0.2, 0.25) is 0 Å². The number of hydrogen-bond acceptors (Lipinski definition) is 3. The first-order valence-corrected chi connectivity index (χ1v) is 6.35. The van der Waals surface area contributed by atoms with Crippen LogP contribution < -0.4 is 5.32 Å². The molecule has 0 saturated heterocycles. The first-order chi connectivity index (χ1) is 4.91. The Balaban J connectivity index is 0. The molecule has 0 bridgehead atoms. The lowest BCUT2D eigenvalue weighted by atomic mass is 10.6. The average Bonchev–Trinajstić information content (AvgIpc) is 1.97. The van der Waals surface area contributed by atoms with Crippen LogP contribution in [-0.4, -0.2) is 24.6 Å². The third-order valence-electron chi connectivity index (χ3n) is 0.983. The Morgan fingerprint density at radius 1 is 1.20 bits per heavy atom. The van der Waals surface area contributed by atoms with Gasteiger partial charge in [0.05, 0.1) is 0 Å². The molecule has 64 valence electrons. The molecule has 0 radical (unpaired) electrons. The lowest BCUT2D eigenvalue weighted by Crippen LogP contribution is -2.15. The van der Waals surface area contributed by atoms with E-state index in [0.717, 1.165) is 13.1 Å². The largest absolute Gasteiger partial charge is 0.316 e. The van der Waals surface area contributed by atoms with Gasteiger partial charge in [0, 0.05) is 19.5 Å². The maximum Gasteiger partial charge on any atom is 0.0162 e. The van der Waals surface area contributed by atoms with Gasteiger partial charge in [-0.15, -0.1) is 0 Å². The summed E-state index contributed by atoms with van der Waals surface area (Å²) in [7, 11) is 3.95. The van der Waals surface area contributed by atoms with E-state index in [-0.39, 0.29) is 1.43 Å². The maximum absolute atomic E-state index is 3.29. The molecular formula is C7H19NS2. The van der Waals surface area contributed by atoms with E-state index in [0.29, 0.717) is 0 Å². The van der Waals surface area contributed by atoms with Gasteiger partial charge in [-0.1, -0.05) is 35.4 Å². The zero-order valence-corrected chi connectivity index (χ0v) is 8.49. The van der Waals surface area contributed by atoms with Crippen molar-refractivity contribution >= 4 is 21.6 Å². The van der Waals surface area contributed by atoms with Crippen LogP contribution in [0.3, 0.4) is 0 Å². The van der Waals surface area contributed by atoms with Gasteiger partial charge in [0.25, 0.3) is 0 Å². The summed E-state index contributed by atoms with van der Waals surface area (Å²) in [5.41, 5.74) is 0. The van der Waals surface area contributed by atoms with E-state index >= 15 is 0 Å². The molecule has 1 nitrogen and oxygen atoms in total. The second-order valence-corrected chi connectivity index (χ2v) is 4.70. The van der Waals surface area contributed by atoms with Crippen LogP contribution in [-0.2, 0) is 0 Å². The van der Waals surface area contributed by atoms with Gasteiger partial charge in [-0.25, -0.2) is 0 Å². The number of rotatable bonds is 7. The highest BCUT2D eigenvalue weighted by Gasteiger charge is 1.87. The van der Waals surface area contributed by atoms with Crippen LogP contribution in [0.15, 0.2) is 0 Å². The van der Waals surface area contributed by atoms with Crippen LogP contribution in [0.25, 0.3) is 0 Å². The molecule has 0 aliphatic heterocycles. The van der Waals surface area contributed by atoms with Crippen LogP contribution in [0, 0.1) is 0 Å².